The molecule has 0 aromatic carbocycles. The van der Waals surface area contributed by atoms with Crippen molar-refractivity contribution >= 4 is 6.08 Å². The Kier molecular flexibility index (Phi) is 6.55. The Morgan fingerprint density at radius 3 is 2.31 bits per heavy atom. The molecule has 0 radical (unpaired) electrons. The van der Waals surface area contributed by atoms with Crippen LogP contribution in [-0.2, 0) is 6.54 Å². The van der Waals surface area contributed by atoms with Crippen molar-refractivity contribution in [1.29, 1.82) is 0 Å². The van der Waals surface area contributed by atoms with E-state index in [0.717, 1.165) is 6.54 Å². The van der Waals surface area contributed by atoms with Gasteiger partial charge in [0.15, 0.2) is 12.4 Å². The maximum atomic E-state index is 3.76. The molecule has 1 aromatic rings. The maximum absolute atomic E-state index is 3.76. The Bertz CT molecular complexity index is 287. The topological polar surface area (TPSA) is 3.88 Å². The lowest BCUT2D eigenvalue weighted by Gasteiger charge is -1.99. The fraction of sp³-hybridized carbons (Fsp3) is 0.533. The van der Waals surface area contributed by atoms with E-state index in [0.29, 0.717) is 0 Å². The molecule has 0 aliphatic carbocycles. The van der Waals surface area contributed by atoms with Crippen LogP contribution in [0.15, 0.2) is 31.1 Å². The number of aromatic nitrogens is 1. The molecule has 1 nitrogen and oxygen atoms in total. The number of pyridine rings is 1. The molecule has 0 bridgehead atoms. The first kappa shape index (κ1) is 13.0. The van der Waals surface area contributed by atoms with E-state index >= 15 is 0 Å². The van der Waals surface area contributed by atoms with E-state index in [9.17, 15) is 0 Å². The molecule has 0 amide bonds. The van der Waals surface area contributed by atoms with Gasteiger partial charge in [0, 0.05) is 18.6 Å². The first-order valence-electron chi connectivity index (χ1n) is 6.48. The van der Waals surface area contributed by atoms with Gasteiger partial charge in [-0.15, -0.1) is 0 Å². The van der Waals surface area contributed by atoms with E-state index in [2.05, 4.69) is 42.6 Å². The zero-order chi connectivity index (χ0) is 11.6. The molecule has 88 valence electrons. The third-order valence-electron chi connectivity index (χ3n) is 2.92. The fourth-order valence-corrected chi connectivity index (χ4v) is 1.83. The van der Waals surface area contributed by atoms with Crippen molar-refractivity contribution in [2.24, 2.45) is 0 Å². The molecule has 0 saturated heterocycles. The highest BCUT2D eigenvalue weighted by atomic mass is 14.9. The Morgan fingerprint density at radius 2 is 1.69 bits per heavy atom. The molecule has 0 fully saturated rings. The van der Waals surface area contributed by atoms with Crippen molar-refractivity contribution in [1.82, 2.24) is 0 Å². The van der Waals surface area contributed by atoms with Crippen molar-refractivity contribution in [3.05, 3.63) is 36.7 Å². The van der Waals surface area contributed by atoms with Gasteiger partial charge in [0.05, 0.1) is 0 Å². The summed E-state index contributed by atoms with van der Waals surface area (Å²) in [5.41, 5.74) is 1.19. The first-order chi connectivity index (χ1) is 7.86. The van der Waals surface area contributed by atoms with Gasteiger partial charge in [-0.25, -0.2) is 4.57 Å². The van der Waals surface area contributed by atoms with Gasteiger partial charge in [-0.1, -0.05) is 45.3 Å². The van der Waals surface area contributed by atoms with Crippen LogP contribution in [0.4, 0.5) is 0 Å². The summed E-state index contributed by atoms with van der Waals surface area (Å²) in [5.74, 6) is 0. The highest BCUT2D eigenvalue weighted by Gasteiger charge is 1.99. The number of aryl methyl sites for hydroxylation is 1. The quantitative estimate of drug-likeness (QED) is 0.459. The van der Waals surface area contributed by atoms with E-state index in [-0.39, 0.29) is 0 Å². The predicted molar refractivity (Wildman–Crippen MR) is 70.1 cm³/mol. The number of nitrogens with zero attached hydrogens (tertiary/aromatic N) is 1. The number of unbranched alkanes of at least 4 members (excludes halogenated alkanes) is 5. The number of rotatable bonds is 8. The summed E-state index contributed by atoms with van der Waals surface area (Å²) in [5, 5.41) is 0. The van der Waals surface area contributed by atoms with Crippen LogP contribution in [0.3, 0.4) is 0 Å². The van der Waals surface area contributed by atoms with Gasteiger partial charge in [0.2, 0.25) is 0 Å². The van der Waals surface area contributed by atoms with Gasteiger partial charge in [-0.3, -0.25) is 0 Å². The SMILES string of the molecule is C=Cc1cc[n+](CCCCCCCC)cc1. The molecule has 1 heterocycles. The summed E-state index contributed by atoms with van der Waals surface area (Å²) < 4.78 is 2.26. The number of hydrogen-bond donors (Lipinski definition) is 0. The second-order valence-corrected chi connectivity index (χ2v) is 4.34. The Hall–Kier alpha value is -1.11. The van der Waals surface area contributed by atoms with Crippen LogP contribution in [0.5, 0.6) is 0 Å². The van der Waals surface area contributed by atoms with Crippen molar-refractivity contribution in [3.8, 4) is 0 Å². The normalized spacial score (nSPS) is 10.3. The van der Waals surface area contributed by atoms with Crippen LogP contribution in [0, 0.1) is 0 Å². The largest absolute Gasteiger partial charge is 0.205 e. The molecular formula is C15H24N+. The molecule has 1 aromatic heterocycles. The molecule has 0 saturated carbocycles. The second kappa shape index (κ2) is 8.09. The van der Waals surface area contributed by atoms with Gasteiger partial charge < -0.3 is 0 Å². The number of hydrogen-bond acceptors (Lipinski definition) is 0. The molecule has 0 atom stereocenters. The van der Waals surface area contributed by atoms with Crippen molar-refractivity contribution in [3.63, 3.8) is 0 Å². The average molecular weight is 218 g/mol. The van der Waals surface area contributed by atoms with Crippen LogP contribution >= 0.6 is 0 Å². The minimum atomic E-state index is 1.14. The molecule has 1 heteroatoms. The lowest BCUT2D eigenvalue weighted by atomic mass is 10.1. The first-order valence-corrected chi connectivity index (χ1v) is 6.48. The fourth-order valence-electron chi connectivity index (χ4n) is 1.83. The van der Waals surface area contributed by atoms with E-state index in [1.165, 1.54) is 44.1 Å². The Morgan fingerprint density at radius 1 is 1.06 bits per heavy atom. The third kappa shape index (κ3) is 5.11. The lowest BCUT2D eigenvalue weighted by Crippen LogP contribution is -2.32. The monoisotopic (exact) mass is 218 g/mol. The van der Waals surface area contributed by atoms with Crippen molar-refractivity contribution < 1.29 is 4.57 Å². The Balaban J connectivity index is 2.14. The molecular weight excluding hydrogens is 194 g/mol. The van der Waals surface area contributed by atoms with E-state index < -0.39 is 0 Å². The zero-order valence-electron chi connectivity index (χ0n) is 10.5. The highest BCUT2D eigenvalue weighted by Crippen LogP contribution is 2.04. The molecule has 0 aliphatic rings. The average Bonchev–Trinajstić information content (AvgIpc) is 2.34. The van der Waals surface area contributed by atoms with E-state index in [1.807, 2.05) is 6.08 Å². The van der Waals surface area contributed by atoms with E-state index in [4.69, 9.17) is 0 Å². The smallest absolute Gasteiger partial charge is 0.169 e. The zero-order valence-corrected chi connectivity index (χ0v) is 10.5. The Labute approximate surface area is 99.8 Å². The predicted octanol–water partition coefficient (Wildman–Crippen LogP) is 3.98. The van der Waals surface area contributed by atoms with Gasteiger partial charge in [0.1, 0.15) is 6.54 Å². The summed E-state index contributed by atoms with van der Waals surface area (Å²) in [6, 6.07) is 4.23. The van der Waals surface area contributed by atoms with Crippen LogP contribution in [0.2, 0.25) is 0 Å². The maximum Gasteiger partial charge on any atom is 0.169 e. The highest BCUT2D eigenvalue weighted by molar-refractivity contribution is 5.44. The molecule has 1 rings (SSSR count). The van der Waals surface area contributed by atoms with Crippen molar-refractivity contribution in [2.75, 3.05) is 0 Å². The standard InChI is InChI=1S/C15H24N/c1-3-5-6-7-8-9-12-16-13-10-15(4-2)11-14-16/h4,10-11,13-14H,2-3,5-9,12H2,1H3/q+1. The minimum Gasteiger partial charge on any atom is -0.205 e. The molecule has 16 heavy (non-hydrogen) atoms. The second-order valence-electron chi connectivity index (χ2n) is 4.34. The van der Waals surface area contributed by atoms with Crippen molar-refractivity contribution in [2.45, 2.75) is 52.0 Å². The van der Waals surface area contributed by atoms with Crippen LogP contribution in [0.1, 0.15) is 51.0 Å². The summed E-state index contributed by atoms with van der Waals surface area (Å²) in [7, 11) is 0. The molecule has 0 aliphatic heterocycles. The van der Waals surface area contributed by atoms with Gasteiger partial charge in [0.25, 0.3) is 0 Å². The molecule has 0 spiro atoms. The summed E-state index contributed by atoms with van der Waals surface area (Å²) in [6.07, 6.45) is 14.3. The van der Waals surface area contributed by atoms with Crippen LogP contribution < -0.4 is 4.57 Å². The third-order valence-corrected chi connectivity index (χ3v) is 2.92. The van der Waals surface area contributed by atoms with E-state index in [1.54, 1.807) is 0 Å². The molecule has 0 unspecified atom stereocenters. The minimum absolute atomic E-state index is 1.14. The molecule has 0 N–H and O–H groups in total. The van der Waals surface area contributed by atoms with Crippen LogP contribution in [-0.4, -0.2) is 0 Å². The summed E-state index contributed by atoms with van der Waals surface area (Å²) in [6.45, 7) is 7.16. The summed E-state index contributed by atoms with van der Waals surface area (Å²) >= 11 is 0. The van der Waals surface area contributed by atoms with Crippen LogP contribution in [0.25, 0.3) is 6.08 Å². The van der Waals surface area contributed by atoms with Gasteiger partial charge in [-0.2, -0.15) is 0 Å². The summed E-state index contributed by atoms with van der Waals surface area (Å²) in [4.78, 5) is 0. The van der Waals surface area contributed by atoms with Gasteiger partial charge >= 0.3 is 0 Å². The lowest BCUT2D eigenvalue weighted by molar-refractivity contribution is -0.697. The van der Waals surface area contributed by atoms with Gasteiger partial charge in [-0.05, 0) is 12.0 Å².